The third-order valence-electron chi connectivity index (χ3n) is 1.46. The number of hydrogen-bond acceptors (Lipinski definition) is 4. The first-order valence-electron chi connectivity index (χ1n) is 4.05. The van der Waals surface area contributed by atoms with E-state index in [1.54, 1.807) is 19.1 Å². The standard InChI is InChI=1S/C5H6N2O2.C3H6O3/c1-5-3-2-4-6(5)7(8)9;1-2(4)3(5)6/h2-4H,1H3;2,4H,1H3,(H,5,6). The summed E-state index contributed by atoms with van der Waals surface area (Å²) in [6.45, 7) is 2.88. The van der Waals surface area contributed by atoms with Gasteiger partial charge in [-0.05, 0) is 26.0 Å². The van der Waals surface area contributed by atoms with Crippen molar-refractivity contribution in [2.24, 2.45) is 0 Å². The third kappa shape index (κ3) is 4.77. The molecule has 0 aliphatic rings. The molecule has 2 N–H and O–H groups in total. The lowest BCUT2D eigenvalue weighted by molar-refractivity contribution is -0.543. The predicted molar refractivity (Wildman–Crippen MR) is 50.9 cm³/mol. The maximum atomic E-state index is 10.1. The molecular weight excluding hydrogens is 204 g/mol. The fourth-order valence-electron chi connectivity index (χ4n) is 0.641. The SMILES string of the molecule is CC(O)C(=O)O.Cc1cccn1[N+](=O)[O-]. The van der Waals surface area contributed by atoms with Crippen LogP contribution in [0.2, 0.25) is 0 Å². The molecule has 7 heteroatoms. The van der Waals surface area contributed by atoms with Crippen molar-refractivity contribution in [1.82, 2.24) is 4.68 Å². The Morgan fingerprint density at radius 1 is 1.67 bits per heavy atom. The summed E-state index contributed by atoms with van der Waals surface area (Å²) in [7, 11) is 0. The summed E-state index contributed by atoms with van der Waals surface area (Å²) in [5.41, 5.74) is 0.639. The van der Waals surface area contributed by atoms with E-state index < -0.39 is 17.1 Å². The van der Waals surface area contributed by atoms with E-state index in [-0.39, 0.29) is 0 Å². The van der Waals surface area contributed by atoms with Crippen molar-refractivity contribution in [2.45, 2.75) is 20.0 Å². The van der Waals surface area contributed by atoms with Gasteiger partial charge < -0.3 is 10.2 Å². The van der Waals surface area contributed by atoms with Crippen molar-refractivity contribution in [1.29, 1.82) is 0 Å². The van der Waals surface area contributed by atoms with Crippen molar-refractivity contribution in [3.63, 3.8) is 0 Å². The lowest BCUT2D eigenvalue weighted by Gasteiger charge is -1.89. The Balaban J connectivity index is 0.000000288. The number of aliphatic hydroxyl groups excluding tert-OH is 1. The summed E-state index contributed by atoms with van der Waals surface area (Å²) in [6, 6.07) is 3.32. The number of carboxylic acids is 1. The Hall–Kier alpha value is -1.89. The van der Waals surface area contributed by atoms with Crippen LogP contribution in [0.5, 0.6) is 0 Å². The number of nitrogens with zero attached hydrogens (tertiary/aromatic N) is 2. The number of rotatable bonds is 2. The number of aliphatic hydroxyl groups is 1. The number of aryl methyl sites for hydroxylation is 1. The fraction of sp³-hybridized carbons (Fsp3) is 0.375. The van der Waals surface area contributed by atoms with Crippen molar-refractivity contribution in [2.75, 3.05) is 0 Å². The van der Waals surface area contributed by atoms with Crippen LogP contribution < -0.4 is 0 Å². The molecule has 0 saturated carbocycles. The van der Waals surface area contributed by atoms with Gasteiger partial charge in [0.25, 0.3) is 0 Å². The lowest BCUT2D eigenvalue weighted by atomic mass is 10.4. The van der Waals surface area contributed by atoms with Gasteiger partial charge in [-0.2, -0.15) is 0 Å². The monoisotopic (exact) mass is 216 g/mol. The van der Waals surface area contributed by atoms with Crippen molar-refractivity contribution >= 4 is 5.97 Å². The molecule has 0 spiro atoms. The second-order valence-electron chi connectivity index (χ2n) is 2.75. The number of nitro groups is 1. The van der Waals surface area contributed by atoms with E-state index in [9.17, 15) is 14.9 Å². The Morgan fingerprint density at radius 3 is 2.27 bits per heavy atom. The van der Waals surface area contributed by atoms with Crippen LogP contribution in [-0.2, 0) is 4.79 Å². The maximum absolute atomic E-state index is 10.1. The normalized spacial score (nSPS) is 11.1. The molecule has 1 atom stereocenters. The second kappa shape index (κ2) is 5.76. The van der Waals surface area contributed by atoms with Crippen LogP contribution in [0.4, 0.5) is 0 Å². The van der Waals surface area contributed by atoms with E-state index in [1.165, 1.54) is 13.1 Å². The minimum atomic E-state index is -1.23. The summed E-state index contributed by atoms with van der Waals surface area (Å²) >= 11 is 0. The molecule has 0 bridgehead atoms. The number of aromatic nitrogens is 1. The molecule has 0 aliphatic heterocycles. The first-order valence-corrected chi connectivity index (χ1v) is 4.05. The average Bonchev–Trinajstić information content (AvgIpc) is 2.52. The number of carbonyl (C=O) groups is 1. The van der Waals surface area contributed by atoms with Gasteiger partial charge in [0.1, 0.15) is 6.10 Å². The van der Waals surface area contributed by atoms with E-state index >= 15 is 0 Å². The Bertz CT molecular complexity index is 345. The molecule has 7 nitrogen and oxygen atoms in total. The van der Waals surface area contributed by atoms with E-state index in [0.717, 1.165) is 4.68 Å². The fourth-order valence-corrected chi connectivity index (χ4v) is 0.641. The van der Waals surface area contributed by atoms with E-state index in [0.29, 0.717) is 5.69 Å². The van der Waals surface area contributed by atoms with Gasteiger partial charge in [0.2, 0.25) is 0 Å². The minimum Gasteiger partial charge on any atom is -0.479 e. The molecular formula is C8H12N2O5. The van der Waals surface area contributed by atoms with Crippen LogP contribution in [0.3, 0.4) is 0 Å². The molecule has 0 aliphatic carbocycles. The van der Waals surface area contributed by atoms with E-state index in [2.05, 4.69) is 0 Å². The minimum absolute atomic E-state index is 0.463. The Kier molecular flexibility index (Phi) is 5.03. The van der Waals surface area contributed by atoms with Crippen molar-refractivity contribution in [3.05, 3.63) is 34.1 Å². The van der Waals surface area contributed by atoms with Gasteiger partial charge >= 0.3 is 5.97 Å². The molecule has 1 aromatic rings. The Morgan fingerprint density at radius 2 is 2.13 bits per heavy atom. The summed E-state index contributed by atoms with van der Waals surface area (Å²) in [5.74, 6) is -1.19. The van der Waals surface area contributed by atoms with E-state index in [1.807, 2.05) is 0 Å². The third-order valence-corrected chi connectivity index (χ3v) is 1.46. The lowest BCUT2D eigenvalue weighted by Crippen LogP contribution is -2.13. The summed E-state index contributed by atoms with van der Waals surface area (Å²) in [5, 5.41) is 25.4. The smallest absolute Gasteiger partial charge is 0.332 e. The molecule has 0 saturated heterocycles. The molecule has 1 heterocycles. The van der Waals surface area contributed by atoms with Crippen LogP contribution in [0, 0.1) is 17.0 Å². The zero-order chi connectivity index (χ0) is 12.0. The molecule has 1 unspecified atom stereocenters. The van der Waals surface area contributed by atoms with Crippen LogP contribution in [0.15, 0.2) is 18.3 Å². The van der Waals surface area contributed by atoms with Gasteiger partial charge in [-0.1, -0.05) is 4.68 Å². The van der Waals surface area contributed by atoms with Crippen LogP contribution in [0.25, 0.3) is 0 Å². The predicted octanol–water partition coefficient (Wildman–Crippen LogP) is 0.288. The molecule has 0 amide bonds. The number of carboxylic acid groups (broad SMARTS) is 1. The molecule has 1 aromatic heterocycles. The number of hydrogen-bond donors (Lipinski definition) is 2. The quantitative estimate of drug-likeness (QED) is 0.545. The van der Waals surface area contributed by atoms with Crippen LogP contribution >= 0.6 is 0 Å². The van der Waals surface area contributed by atoms with Crippen LogP contribution in [0.1, 0.15) is 12.6 Å². The van der Waals surface area contributed by atoms with Gasteiger partial charge in [-0.3, -0.25) is 0 Å². The molecule has 84 valence electrons. The van der Waals surface area contributed by atoms with Gasteiger partial charge in [-0.25, -0.2) is 14.9 Å². The Labute approximate surface area is 85.7 Å². The molecule has 1 rings (SSSR count). The highest BCUT2D eigenvalue weighted by Gasteiger charge is 2.02. The summed E-state index contributed by atoms with van der Waals surface area (Å²) in [4.78, 5) is 19.5. The zero-order valence-electron chi connectivity index (χ0n) is 8.32. The first kappa shape index (κ1) is 13.1. The zero-order valence-corrected chi connectivity index (χ0v) is 8.32. The van der Waals surface area contributed by atoms with Gasteiger partial charge in [0.15, 0.2) is 5.03 Å². The highest BCUT2D eigenvalue weighted by molar-refractivity contribution is 5.71. The van der Waals surface area contributed by atoms with E-state index in [4.69, 9.17) is 10.2 Å². The molecule has 0 radical (unpaired) electrons. The average molecular weight is 216 g/mol. The van der Waals surface area contributed by atoms with Gasteiger partial charge in [-0.15, -0.1) is 0 Å². The van der Waals surface area contributed by atoms with Crippen LogP contribution in [-0.4, -0.2) is 32.0 Å². The first-order chi connectivity index (χ1) is 6.86. The molecule has 0 fully saturated rings. The van der Waals surface area contributed by atoms with Gasteiger partial charge in [0.05, 0.1) is 11.9 Å². The second-order valence-corrected chi connectivity index (χ2v) is 2.75. The largest absolute Gasteiger partial charge is 0.479 e. The topological polar surface area (TPSA) is 106 Å². The van der Waals surface area contributed by atoms with Crippen molar-refractivity contribution < 1.29 is 20.0 Å². The highest BCUT2D eigenvalue weighted by Crippen LogP contribution is 1.96. The summed E-state index contributed by atoms with van der Waals surface area (Å²) in [6.07, 6.45) is 0.181. The highest BCUT2D eigenvalue weighted by atomic mass is 16.7. The maximum Gasteiger partial charge on any atom is 0.332 e. The molecule has 15 heavy (non-hydrogen) atoms. The number of aliphatic carboxylic acids is 1. The van der Waals surface area contributed by atoms with Gasteiger partial charge in [0, 0.05) is 0 Å². The summed E-state index contributed by atoms with van der Waals surface area (Å²) < 4.78 is 0.972. The molecule has 0 aromatic carbocycles. The van der Waals surface area contributed by atoms with Crippen molar-refractivity contribution in [3.8, 4) is 0 Å².